The molecule has 3 aromatic rings. The second kappa shape index (κ2) is 8.48. The molecule has 0 radical (unpaired) electrons. The van der Waals surface area contributed by atoms with E-state index in [9.17, 15) is 9.59 Å². The lowest BCUT2D eigenvalue weighted by molar-refractivity contribution is -0.121. The number of amides is 2. The number of aryl methyl sites for hydroxylation is 1. The number of imidazole rings is 1. The van der Waals surface area contributed by atoms with Gasteiger partial charge in [0.15, 0.2) is 0 Å². The van der Waals surface area contributed by atoms with Gasteiger partial charge in [-0.15, -0.1) is 11.8 Å². The van der Waals surface area contributed by atoms with E-state index >= 15 is 0 Å². The Morgan fingerprint density at radius 1 is 1.21 bits per heavy atom. The summed E-state index contributed by atoms with van der Waals surface area (Å²) in [5.41, 5.74) is 1.84. The number of anilines is 1. The van der Waals surface area contributed by atoms with Crippen LogP contribution in [-0.4, -0.2) is 38.6 Å². The number of pyridine rings is 1. The number of hydrogen-bond donors (Lipinski definition) is 1. The molecule has 4 rings (SSSR count). The zero-order valence-electron chi connectivity index (χ0n) is 16.0. The molecular weight excluding hydrogens is 386 g/mol. The van der Waals surface area contributed by atoms with Crippen molar-refractivity contribution in [1.29, 1.82) is 0 Å². The molecule has 0 bridgehead atoms. The number of rotatable bonds is 6. The smallest absolute Gasteiger partial charge is 0.237 e. The van der Waals surface area contributed by atoms with Gasteiger partial charge in [-0.25, -0.2) is 9.97 Å². The fourth-order valence-electron chi connectivity index (χ4n) is 3.22. The Labute approximate surface area is 173 Å². The Balaban J connectivity index is 1.34. The number of nitrogens with zero attached hydrogens (tertiary/aromatic N) is 4. The Kier molecular flexibility index (Phi) is 5.62. The molecule has 8 heteroatoms. The summed E-state index contributed by atoms with van der Waals surface area (Å²) in [6.07, 6.45) is 5.55. The molecule has 0 atom stereocenters. The third kappa shape index (κ3) is 4.32. The third-order valence-electron chi connectivity index (χ3n) is 4.74. The van der Waals surface area contributed by atoms with Crippen molar-refractivity contribution in [2.24, 2.45) is 0 Å². The molecular formula is C21H21N5O2S. The Morgan fingerprint density at radius 3 is 2.90 bits per heavy atom. The molecule has 1 aromatic carbocycles. The number of benzene rings is 1. The van der Waals surface area contributed by atoms with Crippen molar-refractivity contribution in [1.82, 2.24) is 19.9 Å². The normalized spacial score (nSPS) is 13.3. The van der Waals surface area contributed by atoms with Crippen LogP contribution in [0.4, 0.5) is 5.69 Å². The van der Waals surface area contributed by atoms with Crippen molar-refractivity contribution < 1.29 is 9.59 Å². The molecule has 2 amide bonds. The monoisotopic (exact) mass is 407 g/mol. The Morgan fingerprint density at radius 2 is 2.07 bits per heavy atom. The zero-order chi connectivity index (χ0) is 20.2. The van der Waals surface area contributed by atoms with Crippen LogP contribution in [0.25, 0.3) is 5.82 Å². The first-order valence-corrected chi connectivity index (χ1v) is 10.3. The predicted molar refractivity (Wildman–Crippen MR) is 112 cm³/mol. The molecule has 0 unspecified atom stereocenters. The standard InChI is InChI=1S/C21H21N5O2S/c1-15-22-9-11-25(15)19-12-16(6-8-23-19)13-24-20(27)7-10-26-17-4-2-3-5-18(17)29-14-21(26)28/h2-6,8-9,11-12H,7,10,13-14H2,1H3,(H,24,27). The van der Waals surface area contributed by atoms with Crippen LogP contribution in [0.15, 0.2) is 59.9 Å². The van der Waals surface area contributed by atoms with Gasteiger partial charge in [0.1, 0.15) is 11.6 Å². The van der Waals surface area contributed by atoms with E-state index in [1.54, 1.807) is 17.3 Å². The molecule has 0 saturated heterocycles. The summed E-state index contributed by atoms with van der Waals surface area (Å²) in [5.74, 6) is 1.97. The SMILES string of the molecule is Cc1nccn1-c1cc(CNC(=O)CCN2C(=O)CSc3ccccc32)ccn1. The molecule has 29 heavy (non-hydrogen) atoms. The van der Waals surface area contributed by atoms with Gasteiger partial charge >= 0.3 is 0 Å². The number of nitrogens with one attached hydrogen (secondary N) is 1. The summed E-state index contributed by atoms with van der Waals surface area (Å²) in [5, 5.41) is 2.93. The second-order valence-electron chi connectivity index (χ2n) is 6.70. The van der Waals surface area contributed by atoms with Crippen molar-refractivity contribution in [3.63, 3.8) is 0 Å². The van der Waals surface area contributed by atoms with E-state index in [1.165, 1.54) is 11.8 Å². The van der Waals surface area contributed by atoms with E-state index in [4.69, 9.17) is 0 Å². The minimum atomic E-state index is -0.0920. The highest BCUT2D eigenvalue weighted by Gasteiger charge is 2.24. The number of carbonyl (C=O) groups is 2. The van der Waals surface area contributed by atoms with Crippen LogP contribution >= 0.6 is 11.8 Å². The maximum Gasteiger partial charge on any atom is 0.237 e. The van der Waals surface area contributed by atoms with E-state index in [-0.39, 0.29) is 18.2 Å². The molecule has 3 heterocycles. The van der Waals surface area contributed by atoms with E-state index < -0.39 is 0 Å². The average molecular weight is 407 g/mol. The number of thioether (sulfide) groups is 1. The van der Waals surface area contributed by atoms with Crippen LogP contribution in [0.2, 0.25) is 0 Å². The van der Waals surface area contributed by atoms with Gasteiger partial charge in [0.25, 0.3) is 0 Å². The highest BCUT2D eigenvalue weighted by atomic mass is 32.2. The summed E-state index contributed by atoms with van der Waals surface area (Å²) >= 11 is 1.54. The highest BCUT2D eigenvalue weighted by Crippen LogP contribution is 2.34. The Bertz CT molecular complexity index is 1050. The number of aromatic nitrogens is 3. The lowest BCUT2D eigenvalue weighted by Gasteiger charge is -2.28. The van der Waals surface area contributed by atoms with Crippen LogP contribution in [0.3, 0.4) is 0 Å². The summed E-state index contributed by atoms with van der Waals surface area (Å²) in [6.45, 7) is 2.69. The summed E-state index contributed by atoms with van der Waals surface area (Å²) in [6, 6.07) is 11.6. The van der Waals surface area contributed by atoms with E-state index in [2.05, 4.69) is 15.3 Å². The van der Waals surface area contributed by atoms with Gasteiger partial charge in [0.05, 0.1) is 11.4 Å². The van der Waals surface area contributed by atoms with Crippen molar-refractivity contribution in [3.8, 4) is 5.82 Å². The Hall–Kier alpha value is -3.13. The largest absolute Gasteiger partial charge is 0.352 e. The zero-order valence-corrected chi connectivity index (χ0v) is 16.9. The molecule has 1 N–H and O–H groups in total. The average Bonchev–Trinajstić information content (AvgIpc) is 3.17. The molecule has 0 fully saturated rings. The van der Waals surface area contributed by atoms with Crippen LogP contribution in [0.5, 0.6) is 0 Å². The maximum atomic E-state index is 12.4. The number of para-hydroxylation sites is 1. The van der Waals surface area contributed by atoms with Gasteiger partial charge in [0, 0.05) is 43.0 Å². The van der Waals surface area contributed by atoms with Crippen LogP contribution in [0, 0.1) is 6.92 Å². The first kappa shape index (κ1) is 19.2. The quantitative estimate of drug-likeness (QED) is 0.680. The van der Waals surface area contributed by atoms with Gasteiger partial charge in [-0.2, -0.15) is 0 Å². The van der Waals surface area contributed by atoms with Crippen LogP contribution < -0.4 is 10.2 Å². The maximum absolute atomic E-state index is 12.4. The van der Waals surface area contributed by atoms with E-state index in [0.29, 0.717) is 18.8 Å². The molecule has 0 aliphatic carbocycles. The molecule has 2 aromatic heterocycles. The molecule has 1 aliphatic heterocycles. The van der Waals surface area contributed by atoms with Gasteiger partial charge in [-0.3, -0.25) is 14.2 Å². The van der Waals surface area contributed by atoms with Crippen molar-refractivity contribution in [2.45, 2.75) is 24.8 Å². The second-order valence-corrected chi connectivity index (χ2v) is 7.71. The third-order valence-corrected chi connectivity index (χ3v) is 5.79. The first-order chi connectivity index (χ1) is 14.1. The predicted octanol–water partition coefficient (Wildman–Crippen LogP) is 2.72. The first-order valence-electron chi connectivity index (χ1n) is 9.36. The number of carbonyl (C=O) groups excluding carboxylic acids is 2. The van der Waals surface area contributed by atoms with E-state index in [0.717, 1.165) is 27.8 Å². The molecule has 7 nitrogen and oxygen atoms in total. The van der Waals surface area contributed by atoms with Crippen molar-refractivity contribution in [3.05, 3.63) is 66.4 Å². The van der Waals surface area contributed by atoms with Crippen molar-refractivity contribution >= 4 is 29.3 Å². The summed E-state index contributed by atoms with van der Waals surface area (Å²) in [4.78, 5) is 36.0. The molecule has 1 aliphatic rings. The van der Waals surface area contributed by atoms with Gasteiger partial charge in [0.2, 0.25) is 11.8 Å². The fraction of sp³-hybridized carbons (Fsp3) is 0.238. The van der Waals surface area contributed by atoms with Crippen LogP contribution in [0.1, 0.15) is 17.8 Å². The molecule has 0 spiro atoms. The molecule has 0 saturated carbocycles. The van der Waals surface area contributed by atoms with Crippen molar-refractivity contribution in [2.75, 3.05) is 17.2 Å². The number of fused-ring (bicyclic) bond motifs is 1. The lowest BCUT2D eigenvalue weighted by atomic mass is 10.2. The summed E-state index contributed by atoms with van der Waals surface area (Å²) < 4.78 is 1.89. The highest BCUT2D eigenvalue weighted by molar-refractivity contribution is 8.00. The minimum absolute atomic E-state index is 0.0379. The number of hydrogen-bond acceptors (Lipinski definition) is 5. The van der Waals surface area contributed by atoms with Crippen LogP contribution in [-0.2, 0) is 16.1 Å². The van der Waals surface area contributed by atoms with Gasteiger partial charge < -0.3 is 10.2 Å². The summed E-state index contributed by atoms with van der Waals surface area (Å²) in [7, 11) is 0. The topological polar surface area (TPSA) is 80.1 Å². The molecule has 148 valence electrons. The van der Waals surface area contributed by atoms with Gasteiger partial charge in [-0.1, -0.05) is 12.1 Å². The van der Waals surface area contributed by atoms with E-state index in [1.807, 2.05) is 54.1 Å². The lowest BCUT2D eigenvalue weighted by Crippen LogP contribution is -2.38. The fourth-order valence-corrected chi connectivity index (χ4v) is 4.16. The minimum Gasteiger partial charge on any atom is -0.352 e. The van der Waals surface area contributed by atoms with Gasteiger partial charge in [-0.05, 0) is 36.8 Å².